The molecule has 0 saturated heterocycles. The highest BCUT2D eigenvalue weighted by Gasteiger charge is 1.97. The van der Waals surface area contributed by atoms with Gasteiger partial charge >= 0.3 is 0 Å². The van der Waals surface area contributed by atoms with Gasteiger partial charge in [0.05, 0.1) is 12.7 Å². The molecular formula is C13H14N2O2. The SMILES string of the molecule is Cc1cnn(CCOc2cccc(C=O)c2)c1. The second kappa shape index (κ2) is 5.30. The van der Waals surface area contributed by atoms with Crippen molar-refractivity contribution in [2.24, 2.45) is 0 Å². The van der Waals surface area contributed by atoms with Crippen LogP contribution in [0.25, 0.3) is 0 Å². The van der Waals surface area contributed by atoms with E-state index in [1.165, 1.54) is 0 Å². The molecule has 88 valence electrons. The van der Waals surface area contributed by atoms with Gasteiger partial charge in [-0.1, -0.05) is 12.1 Å². The van der Waals surface area contributed by atoms with Crippen LogP contribution in [-0.4, -0.2) is 22.7 Å². The fourth-order valence-electron chi connectivity index (χ4n) is 1.52. The number of hydrogen-bond donors (Lipinski definition) is 0. The molecule has 0 bridgehead atoms. The number of ether oxygens (including phenoxy) is 1. The predicted octanol–water partition coefficient (Wildman–Crippen LogP) is 2.08. The summed E-state index contributed by atoms with van der Waals surface area (Å²) in [6.07, 6.45) is 4.59. The number of aryl methyl sites for hydroxylation is 1. The molecule has 0 amide bonds. The molecular weight excluding hydrogens is 216 g/mol. The summed E-state index contributed by atoms with van der Waals surface area (Å²) in [6, 6.07) is 7.11. The Balaban J connectivity index is 1.87. The highest BCUT2D eigenvalue weighted by molar-refractivity contribution is 5.75. The molecule has 1 aromatic heterocycles. The molecule has 0 aliphatic carbocycles. The molecule has 2 aromatic rings. The summed E-state index contributed by atoms with van der Waals surface area (Å²) in [5.74, 6) is 0.707. The van der Waals surface area contributed by atoms with Crippen LogP contribution in [-0.2, 0) is 6.54 Å². The molecule has 0 aliphatic rings. The number of carbonyl (C=O) groups excluding carboxylic acids is 1. The Labute approximate surface area is 99.8 Å². The van der Waals surface area contributed by atoms with E-state index in [1.54, 1.807) is 18.2 Å². The molecule has 17 heavy (non-hydrogen) atoms. The smallest absolute Gasteiger partial charge is 0.150 e. The lowest BCUT2D eigenvalue weighted by atomic mass is 10.2. The van der Waals surface area contributed by atoms with Crippen molar-refractivity contribution in [3.8, 4) is 5.75 Å². The van der Waals surface area contributed by atoms with Gasteiger partial charge in [0.25, 0.3) is 0 Å². The van der Waals surface area contributed by atoms with E-state index in [4.69, 9.17) is 4.74 Å². The minimum atomic E-state index is 0.531. The summed E-state index contributed by atoms with van der Waals surface area (Å²) in [5, 5.41) is 4.16. The number of aldehydes is 1. The first-order chi connectivity index (χ1) is 8.28. The van der Waals surface area contributed by atoms with Gasteiger partial charge in [0.1, 0.15) is 18.6 Å². The molecule has 4 nitrogen and oxygen atoms in total. The Morgan fingerprint density at radius 3 is 3.06 bits per heavy atom. The first-order valence-corrected chi connectivity index (χ1v) is 5.45. The number of rotatable bonds is 5. The van der Waals surface area contributed by atoms with Crippen molar-refractivity contribution in [3.05, 3.63) is 47.8 Å². The molecule has 0 fully saturated rings. The fourth-order valence-corrected chi connectivity index (χ4v) is 1.52. The average Bonchev–Trinajstić information content (AvgIpc) is 2.75. The van der Waals surface area contributed by atoms with Crippen LogP contribution in [0.15, 0.2) is 36.7 Å². The van der Waals surface area contributed by atoms with E-state index in [-0.39, 0.29) is 0 Å². The zero-order valence-corrected chi connectivity index (χ0v) is 9.67. The molecule has 4 heteroatoms. The van der Waals surface area contributed by atoms with Crippen molar-refractivity contribution in [2.45, 2.75) is 13.5 Å². The molecule has 0 spiro atoms. The van der Waals surface area contributed by atoms with Crippen LogP contribution < -0.4 is 4.74 Å². The van der Waals surface area contributed by atoms with Crippen LogP contribution in [0.1, 0.15) is 15.9 Å². The number of nitrogens with zero attached hydrogens (tertiary/aromatic N) is 2. The van der Waals surface area contributed by atoms with Gasteiger partial charge in [0.2, 0.25) is 0 Å². The summed E-state index contributed by atoms with van der Waals surface area (Å²) in [7, 11) is 0. The maximum absolute atomic E-state index is 10.6. The molecule has 1 heterocycles. The molecule has 0 unspecified atom stereocenters. The Morgan fingerprint density at radius 2 is 2.35 bits per heavy atom. The fraction of sp³-hybridized carbons (Fsp3) is 0.231. The largest absolute Gasteiger partial charge is 0.492 e. The van der Waals surface area contributed by atoms with Crippen molar-refractivity contribution in [1.29, 1.82) is 0 Å². The third kappa shape index (κ3) is 3.17. The third-order valence-electron chi connectivity index (χ3n) is 2.35. The van der Waals surface area contributed by atoms with E-state index < -0.39 is 0 Å². The van der Waals surface area contributed by atoms with Gasteiger partial charge in [-0.05, 0) is 24.6 Å². The number of carbonyl (C=O) groups is 1. The molecule has 0 atom stereocenters. The second-order valence-corrected chi connectivity index (χ2v) is 3.82. The molecule has 0 radical (unpaired) electrons. The number of hydrogen-bond acceptors (Lipinski definition) is 3. The van der Waals surface area contributed by atoms with Crippen LogP contribution in [0.3, 0.4) is 0 Å². The van der Waals surface area contributed by atoms with Crippen LogP contribution in [0.5, 0.6) is 5.75 Å². The summed E-state index contributed by atoms with van der Waals surface area (Å²) >= 11 is 0. The molecule has 0 aliphatic heterocycles. The van der Waals surface area contributed by atoms with Gasteiger partial charge in [-0.3, -0.25) is 9.48 Å². The van der Waals surface area contributed by atoms with E-state index in [9.17, 15) is 4.79 Å². The first-order valence-electron chi connectivity index (χ1n) is 5.45. The zero-order chi connectivity index (χ0) is 12.1. The van der Waals surface area contributed by atoms with Crippen molar-refractivity contribution in [3.63, 3.8) is 0 Å². The Hall–Kier alpha value is -2.10. The van der Waals surface area contributed by atoms with E-state index in [1.807, 2.05) is 30.1 Å². The topological polar surface area (TPSA) is 44.1 Å². The quantitative estimate of drug-likeness (QED) is 0.739. The summed E-state index contributed by atoms with van der Waals surface area (Å²) < 4.78 is 7.37. The normalized spacial score (nSPS) is 10.2. The van der Waals surface area contributed by atoms with Gasteiger partial charge in [-0.15, -0.1) is 0 Å². The molecule has 2 rings (SSSR count). The molecule has 0 saturated carbocycles. The highest BCUT2D eigenvalue weighted by Crippen LogP contribution is 2.11. The zero-order valence-electron chi connectivity index (χ0n) is 9.67. The predicted molar refractivity (Wildman–Crippen MR) is 64.3 cm³/mol. The van der Waals surface area contributed by atoms with E-state index in [0.29, 0.717) is 24.5 Å². The number of benzene rings is 1. The lowest BCUT2D eigenvalue weighted by Gasteiger charge is -2.06. The minimum Gasteiger partial charge on any atom is -0.492 e. The van der Waals surface area contributed by atoms with E-state index >= 15 is 0 Å². The van der Waals surface area contributed by atoms with Crippen LogP contribution in [0.4, 0.5) is 0 Å². The number of aromatic nitrogens is 2. The van der Waals surface area contributed by atoms with Crippen molar-refractivity contribution < 1.29 is 9.53 Å². The maximum atomic E-state index is 10.6. The van der Waals surface area contributed by atoms with Gasteiger partial charge in [0.15, 0.2) is 0 Å². The van der Waals surface area contributed by atoms with E-state index in [2.05, 4.69) is 5.10 Å². The summed E-state index contributed by atoms with van der Waals surface area (Å²) in [4.78, 5) is 10.6. The Bertz CT molecular complexity index is 506. The minimum absolute atomic E-state index is 0.531. The van der Waals surface area contributed by atoms with Crippen molar-refractivity contribution >= 4 is 6.29 Å². The average molecular weight is 230 g/mol. The van der Waals surface area contributed by atoms with Crippen molar-refractivity contribution in [1.82, 2.24) is 9.78 Å². The van der Waals surface area contributed by atoms with Crippen LogP contribution in [0, 0.1) is 6.92 Å². The summed E-state index contributed by atoms with van der Waals surface area (Å²) in [6.45, 7) is 3.22. The van der Waals surface area contributed by atoms with Crippen LogP contribution >= 0.6 is 0 Å². The van der Waals surface area contributed by atoms with E-state index in [0.717, 1.165) is 11.8 Å². The van der Waals surface area contributed by atoms with Crippen molar-refractivity contribution in [2.75, 3.05) is 6.61 Å². The standard InChI is InChI=1S/C13H14N2O2/c1-11-8-14-15(9-11)5-6-17-13-4-2-3-12(7-13)10-16/h2-4,7-10H,5-6H2,1H3. The summed E-state index contributed by atoms with van der Waals surface area (Å²) in [5.41, 5.74) is 1.75. The van der Waals surface area contributed by atoms with Crippen LogP contribution in [0.2, 0.25) is 0 Å². The Kier molecular flexibility index (Phi) is 3.55. The first kappa shape index (κ1) is 11.4. The van der Waals surface area contributed by atoms with Gasteiger partial charge in [0, 0.05) is 11.8 Å². The molecule has 0 N–H and O–H groups in total. The maximum Gasteiger partial charge on any atom is 0.150 e. The van der Waals surface area contributed by atoms with Gasteiger partial charge in [-0.25, -0.2) is 0 Å². The highest BCUT2D eigenvalue weighted by atomic mass is 16.5. The lowest BCUT2D eigenvalue weighted by Crippen LogP contribution is -2.08. The monoisotopic (exact) mass is 230 g/mol. The Morgan fingerprint density at radius 1 is 1.47 bits per heavy atom. The third-order valence-corrected chi connectivity index (χ3v) is 2.35. The second-order valence-electron chi connectivity index (χ2n) is 3.82. The van der Waals surface area contributed by atoms with Gasteiger partial charge < -0.3 is 4.74 Å². The molecule has 1 aromatic carbocycles. The lowest BCUT2D eigenvalue weighted by molar-refractivity contribution is 0.112. The van der Waals surface area contributed by atoms with Gasteiger partial charge in [-0.2, -0.15) is 5.10 Å².